The van der Waals surface area contributed by atoms with E-state index in [-0.39, 0.29) is 6.61 Å². The molecule has 1 aromatic carbocycles. The first-order chi connectivity index (χ1) is 7.70. The summed E-state index contributed by atoms with van der Waals surface area (Å²) in [5.41, 5.74) is 3.66. The zero-order valence-electron chi connectivity index (χ0n) is 8.94. The van der Waals surface area contributed by atoms with Crippen LogP contribution in [0.25, 0.3) is 11.3 Å². The second kappa shape index (κ2) is 4.64. The topological polar surface area (TPSA) is 33.1 Å². The lowest BCUT2D eigenvalue weighted by Crippen LogP contribution is -1.88. The molecular weight excluding hydrogens is 222 g/mol. The molecule has 2 nitrogen and oxygen atoms in total. The maximum Gasteiger partial charge on any atom is 0.0888 e. The third kappa shape index (κ3) is 2.23. The van der Waals surface area contributed by atoms with E-state index in [1.165, 1.54) is 0 Å². The van der Waals surface area contributed by atoms with Crippen molar-refractivity contribution in [3.8, 4) is 11.3 Å². The number of aryl methyl sites for hydroxylation is 1. The molecule has 0 aliphatic carbocycles. The summed E-state index contributed by atoms with van der Waals surface area (Å²) in [6.45, 7) is 2.01. The fraction of sp³-hybridized carbons (Fsp3) is 0.154. The molecule has 0 aliphatic rings. The largest absolute Gasteiger partial charge is 0.392 e. The van der Waals surface area contributed by atoms with Gasteiger partial charge in [-0.25, -0.2) is 0 Å². The minimum atomic E-state index is 0.0509. The van der Waals surface area contributed by atoms with Crippen molar-refractivity contribution in [2.75, 3.05) is 0 Å². The molecule has 0 unspecified atom stereocenters. The first kappa shape index (κ1) is 11.1. The Kier molecular flexibility index (Phi) is 3.22. The van der Waals surface area contributed by atoms with Crippen LogP contribution in [-0.2, 0) is 6.61 Å². The fourth-order valence-electron chi connectivity index (χ4n) is 1.51. The molecule has 0 amide bonds. The second-order valence-electron chi connectivity index (χ2n) is 3.70. The van der Waals surface area contributed by atoms with Crippen molar-refractivity contribution in [2.45, 2.75) is 13.5 Å². The molecule has 0 radical (unpaired) electrons. The molecule has 82 valence electrons. The van der Waals surface area contributed by atoms with Crippen LogP contribution in [0, 0.1) is 6.92 Å². The Morgan fingerprint density at radius 1 is 1.25 bits per heavy atom. The quantitative estimate of drug-likeness (QED) is 0.864. The Labute approximate surface area is 99.5 Å². The summed E-state index contributed by atoms with van der Waals surface area (Å²) < 4.78 is 0. The van der Waals surface area contributed by atoms with Gasteiger partial charge in [-0.05, 0) is 24.1 Å². The monoisotopic (exact) mass is 233 g/mol. The third-order valence-electron chi connectivity index (χ3n) is 2.39. The molecule has 0 saturated heterocycles. The number of aliphatic hydroxyl groups is 1. The van der Waals surface area contributed by atoms with Gasteiger partial charge in [-0.2, -0.15) is 0 Å². The number of rotatable bonds is 2. The van der Waals surface area contributed by atoms with E-state index in [9.17, 15) is 0 Å². The minimum absolute atomic E-state index is 0.0509. The molecule has 0 atom stereocenters. The molecule has 1 aromatic heterocycles. The molecule has 1 heterocycles. The van der Waals surface area contributed by atoms with Crippen LogP contribution in [0.15, 0.2) is 36.5 Å². The van der Waals surface area contributed by atoms with Crippen molar-refractivity contribution >= 4 is 11.6 Å². The van der Waals surface area contributed by atoms with E-state index >= 15 is 0 Å². The molecule has 0 aliphatic heterocycles. The number of nitrogens with zero attached hydrogens (tertiary/aromatic N) is 1. The van der Waals surface area contributed by atoms with Crippen LogP contribution in [0.5, 0.6) is 0 Å². The number of halogens is 1. The van der Waals surface area contributed by atoms with Crippen molar-refractivity contribution in [3.63, 3.8) is 0 Å². The van der Waals surface area contributed by atoms with Crippen LogP contribution in [0.3, 0.4) is 0 Å². The highest BCUT2D eigenvalue weighted by molar-refractivity contribution is 6.33. The van der Waals surface area contributed by atoms with Gasteiger partial charge in [0.1, 0.15) is 0 Å². The van der Waals surface area contributed by atoms with Crippen LogP contribution < -0.4 is 0 Å². The van der Waals surface area contributed by atoms with Gasteiger partial charge in [0.25, 0.3) is 0 Å². The minimum Gasteiger partial charge on any atom is -0.392 e. The van der Waals surface area contributed by atoms with Crippen molar-refractivity contribution in [2.24, 2.45) is 0 Å². The Hall–Kier alpha value is -1.38. The van der Waals surface area contributed by atoms with Crippen LogP contribution in [0.4, 0.5) is 0 Å². The predicted octanol–water partition coefficient (Wildman–Crippen LogP) is 3.20. The molecule has 2 aromatic rings. The highest BCUT2D eigenvalue weighted by Gasteiger charge is 2.04. The molecule has 0 bridgehead atoms. The third-order valence-corrected chi connectivity index (χ3v) is 2.68. The zero-order valence-corrected chi connectivity index (χ0v) is 9.70. The summed E-state index contributed by atoms with van der Waals surface area (Å²) in [7, 11) is 0. The van der Waals surface area contributed by atoms with E-state index in [0.717, 1.165) is 22.4 Å². The molecule has 3 heteroatoms. The zero-order chi connectivity index (χ0) is 11.5. The lowest BCUT2D eigenvalue weighted by molar-refractivity contribution is 0.282. The molecule has 0 fully saturated rings. The fourth-order valence-corrected chi connectivity index (χ4v) is 1.84. The van der Waals surface area contributed by atoms with Gasteiger partial charge in [0.2, 0.25) is 0 Å². The van der Waals surface area contributed by atoms with Crippen molar-refractivity contribution in [1.82, 2.24) is 4.98 Å². The van der Waals surface area contributed by atoms with Crippen molar-refractivity contribution in [1.29, 1.82) is 0 Å². The maximum atomic E-state index is 8.95. The van der Waals surface area contributed by atoms with E-state index in [1.54, 1.807) is 6.20 Å². The van der Waals surface area contributed by atoms with Crippen LogP contribution in [0.1, 0.15) is 11.1 Å². The van der Waals surface area contributed by atoms with E-state index in [0.29, 0.717) is 5.02 Å². The molecule has 0 spiro atoms. The van der Waals surface area contributed by atoms with Gasteiger partial charge in [0.05, 0.1) is 17.3 Å². The van der Waals surface area contributed by atoms with Crippen molar-refractivity contribution in [3.05, 3.63) is 52.7 Å². The smallest absolute Gasteiger partial charge is 0.0888 e. The van der Waals surface area contributed by atoms with E-state index in [2.05, 4.69) is 4.98 Å². The first-order valence-corrected chi connectivity index (χ1v) is 5.41. The van der Waals surface area contributed by atoms with Gasteiger partial charge in [-0.1, -0.05) is 35.9 Å². The van der Waals surface area contributed by atoms with Crippen LogP contribution in [0.2, 0.25) is 5.02 Å². The molecule has 2 rings (SSSR count). The summed E-state index contributed by atoms with van der Waals surface area (Å²) in [6, 6.07) is 9.45. The van der Waals surface area contributed by atoms with E-state index < -0.39 is 0 Å². The summed E-state index contributed by atoms with van der Waals surface area (Å²) >= 11 is 6.13. The van der Waals surface area contributed by atoms with Crippen molar-refractivity contribution < 1.29 is 5.11 Å². The number of benzene rings is 1. The normalized spacial score (nSPS) is 10.4. The van der Waals surface area contributed by atoms with Gasteiger partial charge < -0.3 is 5.11 Å². The van der Waals surface area contributed by atoms with Crippen LogP contribution in [-0.4, -0.2) is 10.1 Å². The molecule has 1 N–H and O–H groups in total. The van der Waals surface area contributed by atoms with Gasteiger partial charge >= 0.3 is 0 Å². The summed E-state index contributed by atoms with van der Waals surface area (Å²) in [5, 5.41) is 9.60. The number of aliphatic hydroxyl groups excluding tert-OH is 1. The van der Waals surface area contributed by atoms with Gasteiger partial charge in [-0.3, -0.25) is 4.98 Å². The average Bonchev–Trinajstić information content (AvgIpc) is 2.29. The molecule has 0 saturated carbocycles. The van der Waals surface area contributed by atoms with Gasteiger partial charge in [-0.15, -0.1) is 0 Å². The van der Waals surface area contributed by atoms with E-state index in [1.807, 2.05) is 37.3 Å². The SMILES string of the molecule is Cc1cnc(-c2ccc(CO)cc2)c(Cl)c1. The van der Waals surface area contributed by atoms with E-state index in [4.69, 9.17) is 16.7 Å². The van der Waals surface area contributed by atoms with Crippen LogP contribution >= 0.6 is 11.6 Å². The summed E-state index contributed by atoms with van der Waals surface area (Å²) in [6.07, 6.45) is 1.79. The highest BCUT2D eigenvalue weighted by atomic mass is 35.5. The predicted molar refractivity (Wildman–Crippen MR) is 65.3 cm³/mol. The summed E-state index contributed by atoms with van der Waals surface area (Å²) in [4.78, 5) is 4.31. The standard InChI is InChI=1S/C13H12ClNO/c1-9-6-12(14)13(15-7-9)11-4-2-10(8-16)3-5-11/h2-7,16H,8H2,1H3. The number of pyridine rings is 1. The number of hydrogen-bond donors (Lipinski definition) is 1. The Morgan fingerprint density at radius 2 is 1.94 bits per heavy atom. The Balaban J connectivity index is 2.42. The molecule has 16 heavy (non-hydrogen) atoms. The summed E-state index contributed by atoms with van der Waals surface area (Å²) in [5.74, 6) is 0. The second-order valence-corrected chi connectivity index (χ2v) is 4.11. The average molecular weight is 234 g/mol. The van der Waals surface area contributed by atoms with Gasteiger partial charge in [0, 0.05) is 11.8 Å². The highest BCUT2D eigenvalue weighted by Crippen LogP contribution is 2.26. The number of aromatic nitrogens is 1. The number of hydrogen-bond acceptors (Lipinski definition) is 2. The first-order valence-electron chi connectivity index (χ1n) is 5.03. The van der Waals surface area contributed by atoms with Gasteiger partial charge in [0.15, 0.2) is 0 Å². The Morgan fingerprint density at radius 3 is 2.50 bits per heavy atom. The maximum absolute atomic E-state index is 8.95. The lowest BCUT2D eigenvalue weighted by Gasteiger charge is -2.05. The molecular formula is C13H12ClNO. The lowest BCUT2D eigenvalue weighted by atomic mass is 10.1. The Bertz CT molecular complexity index is 494.